The molecule has 9 nitrogen and oxygen atoms in total. The number of imidazole rings is 1. The SMILES string of the molecule is Cn1cnc([NH+]([O-])O)c1Sc1nnnn1-c1ccccc1. The van der Waals surface area contributed by atoms with Gasteiger partial charge < -0.3 is 9.77 Å². The van der Waals surface area contributed by atoms with E-state index < -0.39 is 5.23 Å². The van der Waals surface area contributed by atoms with Gasteiger partial charge in [0.05, 0.1) is 5.69 Å². The fraction of sp³-hybridized carbons (Fsp3) is 0.0909. The summed E-state index contributed by atoms with van der Waals surface area (Å²) in [5.74, 6) is -0.0230. The molecule has 1 atom stereocenters. The first-order valence-corrected chi connectivity index (χ1v) is 6.74. The fourth-order valence-corrected chi connectivity index (χ4v) is 2.65. The molecule has 0 spiro atoms. The van der Waals surface area contributed by atoms with Crippen LogP contribution < -0.4 is 5.23 Å². The molecule has 10 heteroatoms. The predicted molar refractivity (Wildman–Crippen MR) is 72.3 cm³/mol. The van der Waals surface area contributed by atoms with Gasteiger partial charge in [-0.2, -0.15) is 14.9 Å². The van der Waals surface area contributed by atoms with E-state index in [1.165, 1.54) is 6.33 Å². The number of aromatic nitrogens is 6. The highest BCUT2D eigenvalue weighted by molar-refractivity contribution is 7.99. The van der Waals surface area contributed by atoms with Crippen LogP contribution in [0.2, 0.25) is 0 Å². The Hall–Kier alpha value is -2.27. The Kier molecular flexibility index (Phi) is 3.66. The van der Waals surface area contributed by atoms with Gasteiger partial charge in [0.1, 0.15) is 6.33 Å². The number of nitrogens with one attached hydrogen (secondary N) is 1. The largest absolute Gasteiger partial charge is 0.594 e. The monoisotopic (exact) mass is 305 g/mol. The molecule has 3 rings (SSSR count). The molecule has 0 aliphatic carbocycles. The van der Waals surface area contributed by atoms with Crippen LogP contribution in [0.15, 0.2) is 46.8 Å². The van der Waals surface area contributed by atoms with E-state index in [2.05, 4.69) is 20.5 Å². The van der Waals surface area contributed by atoms with Crippen molar-refractivity contribution in [1.82, 2.24) is 29.8 Å². The van der Waals surface area contributed by atoms with Gasteiger partial charge in [-0.3, -0.25) is 0 Å². The Morgan fingerprint density at radius 1 is 1.29 bits per heavy atom. The third-order valence-corrected chi connectivity index (χ3v) is 3.83. The minimum atomic E-state index is -1.09. The Balaban J connectivity index is 1.98. The van der Waals surface area contributed by atoms with Crippen LogP contribution in [0.5, 0.6) is 0 Å². The first-order chi connectivity index (χ1) is 10.2. The summed E-state index contributed by atoms with van der Waals surface area (Å²) in [5.41, 5.74) is 0.795. The quantitative estimate of drug-likeness (QED) is 0.650. The summed E-state index contributed by atoms with van der Waals surface area (Å²) in [6, 6.07) is 9.37. The van der Waals surface area contributed by atoms with Gasteiger partial charge in [0.15, 0.2) is 5.03 Å². The molecule has 108 valence electrons. The van der Waals surface area contributed by atoms with Crippen molar-refractivity contribution >= 4 is 17.6 Å². The van der Waals surface area contributed by atoms with Crippen LogP contribution in [0.4, 0.5) is 5.82 Å². The summed E-state index contributed by atoms with van der Waals surface area (Å²) in [4.78, 5) is 3.86. The second-order valence-corrected chi connectivity index (χ2v) is 5.08. The highest BCUT2D eigenvalue weighted by Crippen LogP contribution is 2.30. The minimum Gasteiger partial charge on any atom is -0.594 e. The van der Waals surface area contributed by atoms with E-state index in [1.54, 1.807) is 16.3 Å². The molecule has 0 amide bonds. The molecular weight excluding hydrogens is 294 g/mol. The Labute approximate surface area is 123 Å². The van der Waals surface area contributed by atoms with Crippen molar-refractivity contribution in [2.45, 2.75) is 10.2 Å². The number of quaternary nitrogens is 1. The third kappa shape index (κ3) is 2.64. The Morgan fingerprint density at radius 3 is 2.76 bits per heavy atom. The molecule has 0 radical (unpaired) electrons. The molecule has 3 aromatic rings. The van der Waals surface area contributed by atoms with Crippen molar-refractivity contribution in [2.75, 3.05) is 0 Å². The van der Waals surface area contributed by atoms with Gasteiger partial charge in [-0.05, 0) is 34.3 Å². The first-order valence-electron chi connectivity index (χ1n) is 5.93. The maximum absolute atomic E-state index is 11.2. The van der Waals surface area contributed by atoms with Gasteiger partial charge in [0.25, 0.3) is 5.82 Å². The number of rotatable bonds is 4. The van der Waals surface area contributed by atoms with Gasteiger partial charge in [0.2, 0.25) is 5.16 Å². The van der Waals surface area contributed by atoms with E-state index in [1.807, 2.05) is 30.3 Å². The van der Waals surface area contributed by atoms with Crippen molar-refractivity contribution in [2.24, 2.45) is 7.05 Å². The van der Waals surface area contributed by atoms with Crippen LogP contribution in [0.1, 0.15) is 0 Å². The normalized spacial score (nSPS) is 12.5. The van der Waals surface area contributed by atoms with Gasteiger partial charge in [0, 0.05) is 7.05 Å². The number of benzene rings is 1. The average Bonchev–Trinajstić information content (AvgIpc) is 3.08. The van der Waals surface area contributed by atoms with E-state index in [0.29, 0.717) is 10.2 Å². The molecule has 0 aliphatic heterocycles. The molecule has 2 N–H and O–H groups in total. The molecule has 1 aromatic carbocycles. The zero-order valence-corrected chi connectivity index (χ0v) is 11.7. The highest BCUT2D eigenvalue weighted by Gasteiger charge is 2.20. The molecule has 2 aromatic heterocycles. The van der Waals surface area contributed by atoms with Crippen LogP contribution >= 0.6 is 11.8 Å². The summed E-state index contributed by atoms with van der Waals surface area (Å²) in [7, 11) is 1.72. The smallest absolute Gasteiger partial charge is 0.291 e. The maximum atomic E-state index is 11.2. The van der Waals surface area contributed by atoms with Gasteiger partial charge in [-0.15, -0.1) is 5.10 Å². The summed E-state index contributed by atoms with van der Waals surface area (Å²) in [5, 5.41) is 31.7. The summed E-state index contributed by atoms with van der Waals surface area (Å²) in [6.45, 7) is 0. The molecule has 21 heavy (non-hydrogen) atoms. The van der Waals surface area contributed by atoms with Crippen molar-refractivity contribution in [3.63, 3.8) is 0 Å². The molecule has 0 aliphatic rings. The van der Waals surface area contributed by atoms with Crippen LogP contribution in [-0.4, -0.2) is 35.0 Å². The molecule has 0 bridgehead atoms. The number of nitrogens with zero attached hydrogens (tertiary/aromatic N) is 6. The highest BCUT2D eigenvalue weighted by atomic mass is 32.2. The topological polar surface area (TPSA) is 109 Å². The molecule has 1 unspecified atom stereocenters. The molecule has 0 fully saturated rings. The van der Waals surface area contributed by atoms with E-state index in [4.69, 9.17) is 5.21 Å². The molecule has 2 heterocycles. The average molecular weight is 305 g/mol. The molecule has 0 saturated carbocycles. The van der Waals surface area contributed by atoms with Crippen LogP contribution in [0.3, 0.4) is 0 Å². The van der Waals surface area contributed by atoms with Crippen molar-refractivity contribution in [1.29, 1.82) is 0 Å². The number of hydrogen-bond acceptors (Lipinski definition) is 7. The van der Waals surface area contributed by atoms with Gasteiger partial charge in [-0.1, -0.05) is 18.2 Å². The van der Waals surface area contributed by atoms with E-state index in [0.717, 1.165) is 17.4 Å². The summed E-state index contributed by atoms with van der Waals surface area (Å²) < 4.78 is 3.17. The lowest BCUT2D eigenvalue weighted by Gasteiger charge is -2.10. The second kappa shape index (κ2) is 5.61. The van der Waals surface area contributed by atoms with Crippen LogP contribution in [0, 0.1) is 5.21 Å². The fourth-order valence-electron chi connectivity index (χ4n) is 1.75. The van der Waals surface area contributed by atoms with E-state index in [9.17, 15) is 5.21 Å². The summed E-state index contributed by atoms with van der Waals surface area (Å²) >= 11 is 1.15. The first kappa shape index (κ1) is 13.7. The third-order valence-electron chi connectivity index (χ3n) is 2.72. The van der Waals surface area contributed by atoms with Crippen molar-refractivity contribution in [3.8, 4) is 5.69 Å². The predicted octanol–water partition coefficient (Wildman–Crippen LogP) is -0.0496. The lowest BCUT2D eigenvalue weighted by atomic mass is 10.3. The van der Waals surface area contributed by atoms with Crippen molar-refractivity contribution in [3.05, 3.63) is 41.9 Å². The van der Waals surface area contributed by atoms with Crippen LogP contribution in [0.25, 0.3) is 5.69 Å². The number of hydrogen-bond donors (Lipinski definition) is 2. The Morgan fingerprint density at radius 2 is 2.05 bits per heavy atom. The lowest BCUT2D eigenvalue weighted by molar-refractivity contribution is -0.994. The number of aryl methyl sites for hydroxylation is 1. The number of para-hydroxylation sites is 1. The van der Waals surface area contributed by atoms with Crippen molar-refractivity contribution < 1.29 is 10.4 Å². The van der Waals surface area contributed by atoms with Gasteiger partial charge >= 0.3 is 0 Å². The maximum Gasteiger partial charge on any atom is 0.291 e. The van der Waals surface area contributed by atoms with E-state index in [-0.39, 0.29) is 5.82 Å². The second-order valence-electron chi connectivity index (χ2n) is 4.13. The summed E-state index contributed by atoms with van der Waals surface area (Å²) in [6.07, 6.45) is 1.45. The molecule has 0 saturated heterocycles. The Bertz CT molecular complexity index is 740. The number of tetrazole rings is 1. The minimum absolute atomic E-state index is 0.0230. The van der Waals surface area contributed by atoms with Crippen LogP contribution in [-0.2, 0) is 7.05 Å². The van der Waals surface area contributed by atoms with Gasteiger partial charge in [-0.25, -0.2) is 5.21 Å². The standard InChI is InChI=1S/C11H11N7O2S/c1-16-7-12-9(18(19)20)10(16)21-11-13-14-15-17(11)8-5-3-2-4-6-8/h2-7,18-19H,1H3. The zero-order valence-electron chi connectivity index (χ0n) is 10.9. The van der Waals surface area contributed by atoms with E-state index >= 15 is 0 Å². The molecular formula is C11H11N7O2S. The zero-order chi connectivity index (χ0) is 14.8. The lowest BCUT2D eigenvalue weighted by Crippen LogP contribution is -2.99.